The van der Waals surface area contributed by atoms with E-state index >= 15 is 0 Å². The SMILES string of the molecule is C1O[C@@H]2CNC[C@@H]2c2[nH]nnc21. The summed E-state index contributed by atoms with van der Waals surface area (Å²) in [5.74, 6) is 0.434. The van der Waals surface area contributed by atoms with Gasteiger partial charge >= 0.3 is 0 Å². The summed E-state index contributed by atoms with van der Waals surface area (Å²) in [5.41, 5.74) is 2.14. The normalized spacial score (nSPS) is 33.0. The van der Waals surface area contributed by atoms with Crippen LogP contribution in [0.3, 0.4) is 0 Å². The molecule has 2 atom stereocenters. The molecule has 64 valence electrons. The van der Waals surface area contributed by atoms with Crippen LogP contribution in [0.25, 0.3) is 0 Å². The second kappa shape index (κ2) is 2.27. The summed E-state index contributed by atoms with van der Waals surface area (Å²) in [7, 11) is 0. The van der Waals surface area contributed by atoms with E-state index in [2.05, 4.69) is 20.7 Å². The van der Waals surface area contributed by atoms with Crippen molar-refractivity contribution in [1.82, 2.24) is 20.7 Å². The molecule has 0 aromatic carbocycles. The minimum atomic E-state index is 0.319. The molecule has 1 aromatic rings. The average molecular weight is 166 g/mol. The van der Waals surface area contributed by atoms with E-state index in [9.17, 15) is 0 Å². The number of ether oxygens (including phenoxy) is 1. The van der Waals surface area contributed by atoms with Crippen LogP contribution in [0.5, 0.6) is 0 Å². The van der Waals surface area contributed by atoms with E-state index in [1.165, 1.54) is 0 Å². The predicted molar refractivity (Wildman–Crippen MR) is 40.6 cm³/mol. The molecule has 2 N–H and O–H groups in total. The summed E-state index contributed by atoms with van der Waals surface area (Å²) in [6, 6.07) is 0. The molecule has 0 aliphatic carbocycles. The van der Waals surface area contributed by atoms with Crippen LogP contribution in [-0.4, -0.2) is 34.6 Å². The maximum Gasteiger partial charge on any atom is 0.112 e. The minimum absolute atomic E-state index is 0.319. The Balaban J connectivity index is 2.04. The van der Waals surface area contributed by atoms with Crippen molar-refractivity contribution in [1.29, 1.82) is 0 Å². The fraction of sp³-hybridized carbons (Fsp3) is 0.714. The number of nitrogens with zero attached hydrogens (tertiary/aromatic N) is 2. The second-order valence-corrected chi connectivity index (χ2v) is 3.29. The van der Waals surface area contributed by atoms with Gasteiger partial charge < -0.3 is 10.1 Å². The summed E-state index contributed by atoms with van der Waals surface area (Å²) >= 11 is 0. The highest BCUT2D eigenvalue weighted by molar-refractivity contribution is 5.20. The third-order valence-corrected chi connectivity index (χ3v) is 2.62. The van der Waals surface area contributed by atoms with Gasteiger partial charge in [0.15, 0.2) is 0 Å². The number of aromatic amines is 1. The predicted octanol–water partition coefficient (Wildman–Crippen LogP) is -0.610. The van der Waals surface area contributed by atoms with Crippen LogP contribution in [0.15, 0.2) is 0 Å². The van der Waals surface area contributed by atoms with Gasteiger partial charge in [-0.05, 0) is 0 Å². The van der Waals surface area contributed by atoms with Gasteiger partial charge in [-0.25, -0.2) is 0 Å². The Hall–Kier alpha value is -0.940. The van der Waals surface area contributed by atoms with Crippen molar-refractivity contribution in [2.45, 2.75) is 18.6 Å². The van der Waals surface area contributed by atoms with Crippen LogP contribution >= 0.6 is 0 Å². The van der Waals surface area contributed by atoms with Crippen molar-refractivity contribution in [2.75, 3.05) is 13.1 Å². The highest BCUT2D eigenvalue weighted by atomic mass is 16.5. The van der Waals surface area contributed by atoms with Crippen molar-refractivity contribution in [2.24, 2.45) is 0 Å². The minimum Gasteiger partial charge on any atom is -0.370 e. The Bertz CT molecular complexity index is 297. The first-order valence-corrected chi connectivity index (χ1v) is 4.17. The van der Waals surface area contributed by atoms with Crippen LogP contribution in [0.2, 0.25) is 0 Å². The average Bonchev–Trinajstić information content (AvgIpc) is 2.71. The van der Waals surface area contributed by atoms with E-state index in [0.29, 0.717) is 18.6 Å². The number of aromatic nitrogens is 3. The lowest BCUT2D eigenvalue weighted by Crippen LogP contribution is -2.26. The van der Waals surface area contributed by atoms with Gasteiger partial charge in [0.25, 0.3) is 0 Å². The van der Waals surface area contributed by atoms with Gasteiger partial charge in [0.05, 0.1) is 18.4 Å². The zero-order chi connectivity index (χ0) is 7.97. The molecule has 0 spiro atoms. The zero-order valence-electron chi connectivity index (χ0n) is 6.58. The molecular formula is C7H10N4O. The monoisotopic (exact) mass is 166 g/mol. The van der Waals surface area contributed by atoms with E-state index in [1.54, 1.807) is 0 Å². The lowest BCUT2D eigenvalue weighted by molar-refractivity contribution is 0.0271. The van der Waals surface area contributed by atoms with Crippen molar-refractivity contribution in [3.63, 3.8) is 0 Å². The summed E-state index contributed by atoms with van der Waals surface area (Å²) in [6.07, 6.45) is 0.319. The molecule has 0 amide bonds. The molecule has 3 rings (SSSR count). The number of nitrogens with one attached hydrogen (secondary N) is 2. The van der Waals surface area contributed by atoms with Gasteiger partial charge in [-0.1, -0.05) is 5.21 Å². The van der Waals surface area contributed by atoms with Crippen molar-refractivity contribution in [3.05, 3.63) is 11.4 Å². The van der Waals surface area contributed by atoms with E-state index in [1.807, 2.05) is 0 Å². The zero-order valence-corrected chi connectivity index (χ0v) is 6.58. The number of hydrogen-bond donors (Lipinski definition) is 2. The van der Waals surface area contributed by atoms with Gasteiger partial charge in [-0.3, -0.25) is 5.10 Å². The molecule has 2 aliphatic heterocycles. The molecule has 2 aliphatic rings. The summed E-state index contributed by atoms with van der Waals surface area (Å²) in [5, 5.41) is 14.0. The van der Waals surface area contributed by atoms with Gasteiger partial charge in [0, 0.05) is 19.0 Å². The summed E-state index contributed by atoms with van der Waals surface area (Å²) < 4.78 is 5.60. The Morgan fingerprint density at radius 3 is 3.42 bits per heavy atom. The van der Waals surface area contributed by atoms with Crippen LogP contribution < -0.4 is 5.32 Å². The maximum absolute atomic E-state index is 5.60. The smallest absolute Gasteiger partial charge is 0.112 e. The van der Waals surface area contributed by atoms with Gasteiger partial charge in [0.1, 0.15) is 5.69 Å². The lowest BCUT2D eigenvalue weighted by Gasteiger charge is -2.22. The number of hydrogen-bond acceptors (Lipinski definition) is 4. The van der Waals surface area contributed by atoms with E-state index in [-0.39, 0.29) is 0 Å². The molecule has 1 aromatic heterocycles. The first-order chi connectivity index (χ1) is 5.95. The Morgan fingerprint density at radius 1 is 1.42 bits per heavy atom. The second-order valence-electron chi connectivity index (χ2n) is 3.29. The molecule has 0 bridgehead atoms. The van der Waals surface area contributed by atoms with E-state index in [0.717, 1.165) is 24.5 Å². The molecule has 5 heteroatoms. The molecule has 0 unspecified atom stereocenters. The third-order valence-electron chi connectivity index (χ3n) is 2.62. The van der Waals surface area contributed by atoms with Crippen LogP contribution in [0.4, 0.5) is 0 Å². The molecular weight excluding hydrogens is 156 g/mol. The summed E-state index contributed by atoms with van der Waals surface area (Å²) in [6.45, 7) is 2.53. The highest BCUT2D eigenvalue weighted by Gasteiger charge is 2.36. The van der Waals surface area contributed by atoms with E-state index in [4.69, 9.17) is 4.74 Å². The van der Waals surface area contributed by atoms with Crippen molar-refractivity contribution < 1.29 is 4.74 Å². The lowest BCUT2D eigenvalue weighted by atomic mass is 9.98. The molecule has 0 saturated carbocycles. The standard InChI is InChI=1S/C7H10N4O/c1-4-6(2-8-1)12-3-5-7(4)10-11-9-5/h4,6,8H,1-3H2,(H,9,10,11)/t4-,6+/m0/s1. The van der Waals surface area contributed by atoms with Gasteiger partial charge in [0.2, 0.25) is 0 Å². The van der Waals surface area contributed by atoms with E-state index < -0.39 is 0 Å². The maximum atomic E-state index is 5.60. The Morgan fingerprint density at radius 2 is 2.42 bits per heavy atom. The molecule has 5 nitrogen and oxygen atoms in total. The third kappa shape index (κ3) is 0.748. The largest absolute Gasteiger partial charge is 0.370 e. The number of H-pyrrole nitrogens is 1. The first kappa shape index (κ1) is 6.56. The quantitative estimate of drug-likeness (QED) is 0.539. The number of fused-ring (bicyclic) bond motifs is 3. The Labute approximate surface area is 69.5 Å². The summed E-state index contributed by atoms with van der Waals surface area (Å²) in [4.78, 5) is 0. The molecule has 12 heavy (non-hydrogen) atoms. The fourth-order valence-electron chi connectivity index (χ4n) is 1.96. The first-order valence-electron chi connectivity index (χ1n) is 4.17. The van der Waals surface area contributed by atoms with Crippen LogP contribution in [0.1, 0.15) is 17.3 Å². The van der Waals surface area contributed by atoms with Crippen molar-refractivity contribution >= 4 is 0 Å². The Kier molecular flexibility index (Phi) is 1.24. The van der Waals surface area contributed by atoms with Gasteiger partial charge in [-0.2, -0.15) is 0 Å². The molecule has 0 radical (unpaired) electrons. The van der Waals surface area contributed by atoms with Crippen LogP contribution in [0, 0.1) is 0 Å². The topological polar surface area (TPSA) is 62.8 Å². The molecule has 3 heterocycles. The van der Waals surface area contributed by atoms with Crippen molar-refractivity contribution in [3.8, 4) is 0 Å². The molecule has 1 fully saturated rings. The number of rotatable bonds is 0. The van der Waals surface area contributed by atoms with Gasteiger partial charge in [-0.15, -0.1) is 5.10 Å². The van der Waals surface area contributed by atoms with Crippen LogP contribution in [-0.2, 0) is 11.3 Å². The molecule has 1 saturated heterocycles. The fourth-order valence-corrected chi connectivity index (χ4v) is 1.96. The highest BCUT2D eigenvalue weighted by Crippen LogP contribution is 2.30.